The summed E-state index contributed by atoms with van der Waals surface area (Å²) in [4.78, 5) is 10.8. The molecule has 88 valence electrons. The lowest BCUT2D eigenvalue weighted by Crippen LogP contribution is -2.09. The van der Waals surface area contributed by atoms with Crippen LogP contribution in [0.3, 0.4) is 0 Å². The maximum absolute atomic E-state index is 10.8. The molecule has 0 atom stereocenters. The van der Waals surface area contributed by atoms with Crippen molar-refractivity contribution in [1.82, 2.24) is 15.0 Å². The van der Waals surface area contributed by atoms with Crippen LogP contribution in [0.2, 0.25) is 0 Å². The van der Waals surface area contributed by atoms with E-state index >= 15 is 0 Å². The number of carboxylic acid groups (broad SMARTS) is 1. The fraction of sp³-hybridized carbons (Fsp3) is 0.182. The second-order valence-corrected chi connectivity index (χ2v) is 4.35. The average molecular weight is 296 g/mol. The minimum atomic E-state index is -0.914. The van der Waals surface area contributed by atoms with Crippen LogP contribution in [0.4, 0.5) is 0 Å². The molecule has 0 radical (unpaired) electrons. The molecule has 0 aliphatic heterocycles. The van der Waals surface area contributed by atoms with Crippen molar-refractivity contribution in [2.75, 3.05) is 0 Å². The van der Waals surface area contributed by atoms with Gasteiger partial charge in [0.25, 0.3) is 0 Å². The molecule has 1 heterocycles. The van der Waals surface area contributed by atoms with E-state index < -0.39 is 5.97 Å². The Hall–Kier alpha value is -1.69. The normalized spacial score (nSPS) is 10.5. The van der Waals surface area contributed by atoms with Gasteiger partial charge in [-0.2, -0.15) is 0 Å². The minimum Gasteiger partial charge on any atom is -0.481 e. The van der Waals surface area contributed by atoms with Crippen molar-refractivity contribution in [3.63, 3.8) is 0 Å². The number of hydrogen-bond acceptors (Lipinski definition) is 3. The molecule has 2 rings (SSSR count). The highest BCUT2D eigenvalue weighted by Gasteiger charge is 2.16. The second kappa shape index (κ2) is 4.67. The van der Waals surface area contributed by atoms with Gasteiger partial charge in [-0.3, -0.25) is 4.79 Å². The number of aliphatic carboxylic acids is 1. The van der Waals surface area contributed by atoms with Crippen LogP contribution in [0.25, 0.3) is 5.69 Å². The fourth-order valence-electron chi connectivity index (χ4n) is 1.57. The number of para-hydroxylation sites is 1. The fourth-order valence-corrected chi connectivity index (χ4v) is 1.95. The van der Waals surface area contributed by atoms with Crippen LogP contribution >= 0.6 is 15.9 Å². The molecule has 0 saturated carbocycles. The molecule has 0 bridgehead atoms. The van der Waals surface area contributed by atoms with Gasteiger partial charge < -0.3 is 5.11 Å². The summed E-state index contributed by atoms with van der Waals surface area (Å²) in [6.07, 6.45) is -0.123. The molecular formula is C11H10BrN3O2. The number of halogens is 1. The van der Waals surface area contributed by atoms with Crippen molar-refractivity contribution in [2.45, 2.75) is 13.3 Å². The third-order valence-corrected chi connectivity index (χ3v) is 2.99. The Balaban J connectivity index is 2.53. The molecule has 6 heteroatoms. The standard InChI is InChI=1S/C11H10BrN3O2/c1-7-4-2-3-5-8(7)15-9(6-10(16)17)11(12)13-14-15/h2-5H,6H2,1H3,(H,16,17). The predicted molar refractivity (Wildman–Crippen MR) is 65.1 cm³/mol. The maximum Gasteiger partial charge on any atom is 0.309 e. The van der Waals surface area contributed by atoms with Crippen molar-refractivity contribution >= 4 is 21.9 Å². The molecule has 0 fully saturated rings. The summed E-state index contributed by atoms with van der Waals surface area (Å²) in [6, 6.07) is 7.61. The van der Waals surface area contributed by atoms with Gasteiger partial charge in [0.1, 0.15) is 0 Å². The van der Waals surface area contributed by atoms with Crippen molar-refractivity contribution < 1.29 is 9.90 Å². The van der Waals surface area contributed by atoms with Crippen LogP contribution in [0.1, 0.15) is 11.3 Å². The SMILES string of the molecule is Cc1ccccc1-n1nnc(Br)c1CC(=O)O. The molecule has 1 N–H and O–H groups in total. The Morgan fingerprint density at radius 3 is 2.82 bits per heavy atom. The lowest BCUT2D eigenvalue weighted by atomic mass is 10.2. The van der Waals surface area contributed by atoms with Crippen LogP contribution in [-0.2, 0) is 11.2 Å². The summed E-state index contributed by atoms with van der Waals surface area (Å²) >= 11 is 3.21. The Bertz CT molecular complexity index is 566. The van der Waals surface area contributed by atoms with Crippen LogP contribution in [-0.4, -0.2) is 26.1 Å². The largest absolute Gasteiger partial charge is 0.481 e. The number of rotatable bonds is 3. The van der Waals surface area contributed by atoms with Crippen molar-refractivity contribution in [3.05, 3.63) is 40.1 Å². The van der Waals surface area contributed by atoms with E-state index in [0.29, 0.717) is 10.3 Å². The molecule has 0 aliphatic carbocycles. The zero-order valence-corrected chi connectivity index (χ0v) is 10.7. The average Bonchev–Trinajstić information content (AvgIpc) is 2.61. The lowest BCUT2D eigenvalue weighted by molar-refractivity contribution is -0.136. The van der Waals surface area contributed by atoms with Crippen molar-refractivity contribution in [1.29, 1.82) is 0 Å². The molecule has 1 aromatic heterocycles. The van der Waals surface area contributed by atoms with Crippen LogP contribution in [0.5, 0.6) is 0 Å². The quantitative estimate of drug-likeness (QED) is 0.940. The van der Waals surface area contributed by atoms with Crippen LogP contribution in [0.15, 0.2) is 28.9 Å². The van der Waals surface area contributed by atoms with Gasteiger partial charge in [-0.1, -0.05) is 23.4 Å². The number of benzene rings is 1. The zero-order chi connectivity index (χ0) is 12.4. The van der Waals surface area contributed by atoms with Crippen LogP contribution < -0.4 is 0 Å². The number of hydrogen-bond donors (Lipinski definition) is 1. The van der Waals surface area contributed by atoms with E-state index in [9.17, 15) is 4.79 Å². The molecule has 1 aromatic carbocycles. The Morgan fingerprint density at radius 1 is 1.47 bits per heavy atom. The third-order valence-electron chi connectivity index (χ3n) is 2.38. The smallest absolute Gasteiger partial charge is 0.309 e. The first-order valence-corrected chi connectivity index (χ1v) is 5.76. The Morgan fingerprint density at radius 2 is 2.18 bits per heavy atom. The summed E-state index contributed by atoms with van der Waals surface area (Å²) < 4.78 is 2.01. The van der Waals surface area contributed by atoms with Gasteiger partial charge in [-0.05, 0) is 34.5 Å². The molecule has 17 heavy (non-hydrogen) atoms. The Kier molecular flexibility index (Phi) is 3.23. The number of aromatic nitrogens is 3. The molecule has 0 saturated heterocycles. The van der Waals surface area contributed by atoms with E-state index in [1.54, 1.807) is 4.68 Å². The number of carbonyl (C=O) groups is 1. The highest BCUT2D eigenvalue weighted by molar-refractivity contribution is 9.10. The van der Waals surface area contributed by atoms with E-state index in [2.05, 4.69) is 26.2 Å². The first-order valence-electron chi connectivity index (χ1n) is 4.97. The predicted octanol–water partition coefficient (Wildman–Crippen LogP) is 1.97. The van der Waals surface area contributed by atoms with Gasteiger partial charge in [0.2, 0.25) is 0 Å². The topological polar surface area (TPSA) is 68.0 Å². The van der Waals surface area contributed by atoms with Crippen LogP contribution in [0, 0.1) is 6.92 Å². The maximum atomic E-state index is 10.8. The van der Waals surface area contributed by atoms with Crippen molar-refractivity contribution in [3.8, 4) is 5.69 Å². The molecule has 0 amide bonds. The molecule has 5 nitrogen and oxygen atoms in total. The van der Waals surface area contributed by atoms with Gasteiger partial charge >= 0.3 is 5.97 Å². The van der Waals surface area contributed by atoms with E-state index in [-0.39, 0.29) is 6.42 Å². The number of nitrogens with zero attached hydrogens (tertiary/aromatic N) is 3. The summed E-state index contributed by atoms with van der Waals surface area (Å²) in [7, 11) is 0. The van der Waals surface area contributed by atoms with Crippen molar-refractivity contribution in [2.24, 2.45) is 0 Å². The molecular weight excluding hydrogens is 286 g/mol. The highest BCUT2D eigenvalue weighted by Crippen LogP contribution is 2.20. The molecule has 0 spiro atoms. The van der Waals surface area contributed by atoms with E-state index in [0.717, 1.165) is 11.3 Å². The molecule has 2 aromatic rings. The number of aryl methyl sites for hydroxylation is 1. The first-order chi connectivity index (χ1) is 8.09. The van der Waals surface area contributed by atoms with E-state index in [1.165, 1.54) is 0 Å². The summed E-state index contributed by atoms with van der Waals surface area (Å²) in [5.74, 6) is -0.914. The van der Waals surface area contributed by atoms with Gasteiger partial charge in [0.05, 0.1) is 17.8 Å². The Labute approximate surface area is 106 Å². The zero-order valence-electron chi connectivity index (χ0n) is 9.09. The minimum absolute atomic E-state index is 0.123. The monoisotopic (exact) mass is 295 g/mol. The lowest BCUT2D eigenvalue weighted by Gasteiger charge is -2.07. The second-order valence-electron chi connectivity index (χ2n) is 3.60. The van der Waals surface area contributed by atoms with Gasteiger partial charge in [0.15, 0.2) is 4.60 Å². The highest BCUT2D eigenvalue weighted by atomic mass is 79.9. The number of carboxylic acids is 1. The first kappa shape index (κ1) is 11.8. The summed E-state index contributed by atoms with van der Waals surface area (Å²) in [6.45, 7) is 1.94. The van der Waals surface area contributed by atoms with Gasteiger partial charge in [-0.25, -0.2) is 4.68 Å². The summed E-state index contributed by atoms with van der Waals surface area (Å²) in [5.41, 5.74) is 2.38. The van der Waals surface area contributed by atoms with Gasteiger partial charge in [-0.15, -0.1) is 5.10 Å². The molecule has 0 aliphatic rings. The summed E-state index contributed by atoms with van der Waals surface area (Å²) in [5, 5.41) is 16.7. The van der Waals surface area contributed by atoms with E-state index in [1.807, 2.05) is 31.2 Å². The van der Waals surface area contributed by atoms with Gasteiger partial charge in [0, 0.05) is 0 Å². The van der Waals surface area contributed by atoms with E-state index in [4.69, 9.17) is 5.11 Å². The third kappa shape index (κ3) is 2.36. The molecule has 0 unspecified atom stereocenters.